The van der Waals surface area contributed by atoms with Gasteiger partial charge in [-0.2, -0.15) is 0 Å². The normalized spacial score (nSPS) is 19.0. The van der Waals surface area contributed by atoms with Crippen molar-refractivity contribution in [1.29, 1.82) is 0 Å². The number of likely N-dealkylation sites (N-methyl/N-ethyl adjacent to an activating group) is 1. The highest BCUT2D eigenvalue weighted by Crippen LogP contribution is 2.31. The molecule has 2 aromatic heterocycles. The maximum absolute atomic E-state index is 13.7. The Morgan fingerprint density at radius 1 is 1.20 bits per heavy atom. The zero-order valence-electron chi connectivity index (χ0n) is 20.9. The molecule has 0 saturated carbocycles. The zero-order valence-corrected chi connectivity index (χ0v) is 20.9. The molecule has 4 rings (SSSR count). The number of hydrogen-bond acceptors (Lipinski definition) is 6. The lowest BCUT2D eigenvalue weighted by molar-refractivity contribution is 0.0325. The van der Waals surface area contributed by atoms with E-state index in [1.165, 1.54) is 5.56 Å². The van der Waals surface area contributed by atoms with Crippen LogP contribution in [0, 0.1) is 12.8 Å². The van der Waals surface area contributed by atoms with E-state index in [1.807, 2.05) is 56.3 Å². The highest BCUT2D eigenvalue weighted by atomic mass is 16.5. The lowest BCUT2D eigenvalue weighted by Crippen LogP contribution is -2.49. The third-order valence-corrected chi connectivity index (χ3v) is 6.67. The predicted octanol–water partition coefficient (Wildman–Crippen LogP) is 3.80. The predicted molar refractivity (Wildman–Crippen MR) is 136 cm³/mol. The van der Waals surface area contributed by atoms with Gasteiger partial charge in [-0.15, -0.1) is 0 Å². The minimum absolute atomic E-state index is 0.0406. The fourth-order valence-electron chi connectivity index (χ4n) is 4.54. The van der Waals surface area contributed by atoms with Crippen LogP contribution in [-0.2, 0) is 6.54 Å². The van der Waals surface area contributed by atoms with Gasteiger partial charge in [0.05, 0.1) is 12.6 Å². The van der Waals surface area contributed by atoms with Crippen molar-refractivity contribution < 1.29 is 14.6 Å². The lowest BCUT2D eigenvalue weighted by Gasteiger charge is -2.37. The molecule has 0 saturated heterocycles. The number of aliphatic hydroxyl groups excluding tert-OH is 1. The van der Waals surface area contributed by atoms with Gasteiger partial charge in [-0.05, 0) is 55.8 Å². The Morgan fingerprint density at radius 3 is 2.66 bits per heavy atom. The van der Waals surface area contributed by atoms with Crippen LogP contribution >= 0.6 is 0 Å². The van der Waals surface area contributed by atoms with Crippen LogP contribution in [0.1, 0.15) is 35.3 Å². The molecule has 1 aliphatic heterocycles. The molecule has 184 valence electrons. The van der Waals surface area contributed by atoms with E-state index in [9.17, 15) is 9.90 Å². The number of carbonyl (C=O) groups is 1. The Bertz CT molecular complexity index is 1150. The molecule has 7 nitrogen and oxygen atoms in total. The summed E-state index contributed by atoms with van der Waals surface area (Å²) in [5, 5.41) is 9.89. The molecule has 1 aromatic carbocycles. The van der Waals surface area contributed by atoms with E-state index in [0.29, 0.717) is 24.5 Å². The average Bonchev–Trinajstić information content (AvgIpc) is 2.86. The summed E-state index contributed by atoms with van der Waals surface area (Å²) >= 11 is 0. The molecule has 35 heavy (non-hydrogen) atoms. The topological polar surface area (TPSA) is 78.8 Å². The molecule has 1 N–H and O–H groups in total. The molecular formula is C28H34N4O3. The van der Waals surface area contributed by atoms with E-state index >= 15 is 0 Å². The monoisotopic (exact) mass is 474 g/mol. The Kier molecular flexibility index (Phi) is 7.78. The summed E-state index contributed by atoms with van der Waals surface area (Å²) in [6.07, 6.45) is 5.19. The van der Waals surface area contributed by atoms with E-state index in [0.717, 1.165) is 23.2 Å². The van der Waals surface area contributed by atoms with Gasteiger partial charge < -0.3 is 14.7 Å². The average molecular weight is 475 g/mol. The molecule has 3 aromatic rings. The minimum atomic E-state index is -0.312. The van der Waals surface area contributed by atoms with Gasteiger partial charge in [-0.3, -0.25) is 14.7 Å². The maximum atomic E-state index is 13.7. The molecule has 7 heteroatoms. The van der Waals surface area contributed by atoms with Gasteiger partial charge in [-0.1, -0.05) is 31.2 Å². The first-order valence-electron chi connectivity index (χ1n) is 12.1. The first-order valence-corrected chi connectivity index (χ1v) is 12.1. The molecule has 0 unspecified atom stereocenters. The van der Waals surface area contributed by atoms with Crippen molar-refractivity contribution in [2.75, 3.05) is 26.7 Å². The number of carbonyl (C=O) groups excluding carboxylic acids is 1. The third kappa shape index (κ3) is 5.69. The van der Waals surface area contributed by atoms with Gasteiger partial charge in [0.2, 0.25) is 5.88 Å². The summed E-state index contributed by atoms with van der Waals surface area (Å²) in [5.41, 5.74) is 4.61. The molecule has 3 heterocycles. The Hall–Kier alpha value is -3.29. The highest BCUT2D eigenvalue weighted by Gasteiger charge is 2.34. The van der Waals surface area contributed by atoms with Crippen molar-refractivity contribution in [3.63, 3.8) is 0 Å². The number of aliphatic hydroxyl groups is 1. The van der Waals surface area contributed by atoms with E-state index in [1.54, 1.807) is 23.5 Å². The smallest absolute Gasteiger partial charge is 0.259 e. The van der Waals surface area contributed by atoms with Crippen LogP contribution in [0.3, 0.4) is 0 Å². The van der Waals surface area contributed by atoms with Gasteiger partial charge in [0.25, 0.3) is 5.91 Å². The number of benzene rings is 1. The second-order valence-electron chi connectivity index (χ2n) is 9.57. The Balaban J connectivity index is 1.67. The molecule has 0 radical (unpaired) electrons. The van der Waals surface area contributed by atoms with Crippen molar-refractivity contribution in [2.45, 2.75) is 39.5 Å². The van der Waals surface area contributed by atoms with Crippen molar-refractivity contribution >= 4 is 5.91 Å². The number of fused-ring (bicyclic) bond motifs is 1. The number of ether oxygens (including phenoxy) is 1. The van der Waals surface area contributed by atoms with Crippen LogP contribution in [0.2, 0.25) is 0 Å². The van der Waals surface area contributed by atoms with Crippen LogP contribution in [-0.4, -0.2) is 69.7 Å². The third-order valence-electron chi connectivity index (χ3n) is 6.67. The van der Waals surface area contributed by atoms with Gasteiger partial charge in [0.15, 0.2) is 0 Å². The summed E-state index contributed by atoms with van der Waals surface area (Å²) in [6, 6.07) is 13.6. The number of rotatable bonds is 7. The molecule has 1 amide bonds. The quantitative estimate of drug-likeness (QED) is 0.561. The lowest BCUT2D eigenvalue weighted by atomic mass is 9.98. The molecule has 0 fully saturated rings. The molecular weight excluding hydrogens is 440 g/mol. The fraction of sp³-hybridized carbons (Fsp3) is 0.393. The van der Waals surface area contributed by atoms with E-state index in [4.69, 9.17) is 4.74 Å². The number of pyridine rings is 2. The van der Waals surface area contributed by atoms with Crippen molar-refractivity contribution in [3.8, 4) is 17.0 Å². The summed E-state index contributed by atoms with van der Waals surface area (Å²) in [4.78, 5) is 26.3. The van der Waals surface area contributed by atoms with Crippen molar-refractivity contribution in [3.05, 3.63) is 77.7 Å². The van der Waals surface area contributed by atoms with Crippen LogP contribution in [0.5, 0.6) is 5.88 Å². The number of nitrogens with zero attached hydrogens (tertiary/aromatic N) is 4. The zero-order chi connectivity index (χ0) is 24.9. The highest BCUT2D eigenvalue weighted by molar-refractivity contribution is 5.98. The van der Waals surface area contributed by atoms with Crippen LogP contribution in [0.4, 0.5) is 0 Å². The summed E-state index contributed by atoms with van der Waals surface area (Å²) in [7, 11) is 2.06. The molecule has 0 aliphatic carbocycles. The van der Waals surface area contributed by atoms with Gasteiger partial charge >= 0.3 is 0 Å². The second kappa shape index (κ2) is 11.0. The number of aryl methyl sites for hydroxylation is 1. The van der Waals surface area contributed by atoms with E-state index in [-0.39, 0.29) is 30.6 Å². The molecule has 0 bridgehead atoms. The summed E-state index contributed by atoms with van der Waals surface area (Å²) in [5.74, 6) is 0.218. The first-order chi connectivity index (χ1) is 16.9. The number of hydrogen-bond donors (Lipinski definition) is 1. The molecule has 0 spiro atoms. The Morgan fingerprint density at radius 2 is 1.94 bits per heavy atom. The van der Waals surface area contributed by atoms with Crippen LogP contribution in [0.25, 0.3) is 11.1 Å². The van der Waals surface area contributed by atoms with Crippen molar-refractivity contribution in [1.82, 2.24) is 19.8 Å². The SMILES string of the molecule is Cc1ccccc1-c1cnc2c(c1)C(=O)N([C@@H](C)CO)C[C@H](C)[C@@H](CN(C)Cc1ccncc1)O2. The van der Waals surface area contributed by atoms with Crippen LogP contribution < -0.4 is 4.74 Å². The standard InChI is InChI=1S/C28H34N4O3/c1-19-7-5-6-8-24(19)23-13-25-27(30-14-23)35-26(17-31(4)16-22-9-11-29-12-10-22)20(2)15-32(28(25)34)21(3)18-33/h5-14,20-21,26,33H,15-18H2,1-4H3/t20-,21-,26+/m0/s1. The largest absolute Gasteiger partial charge is 0.472 e. The van der Waals surface area contributed by atoms with Gasteiger partial charge in [0.1, 0.15) is 11.7 Å². The molecule has 3 atom stereocenters. The second-order valence-corrected chi connectivity index (χ2v) is 9.57. The van der Waals surface area contributed by atoms with E-state index in [2.05, 4.69) is 28.8 Å². The number of aromatic nitrogens is 2. The first kappa shape index (κ1) is 24.8. The van der Waals surface area contributed by atoms with E-state index < -0.39 is 0 Å². The Labute approximate surface area is 207 Å². The minimum Gasteiger partial charge on any atom is -0.472 e. The molecule has 1 aliphatic rings. The summed E-state index contributed by atoms with van der Waals surface area (Å²) in [6.45, 7) is 7.81. The van der Waals surface area contributed by atoms with Crippen molar-refractivity contribution in [2.24, 2.45) is 5.92 Å². The fourth-order valence-corrected chi connectivity index (χ4v) is 4.54. The maximum Gasteiger partial charge on any atom is 0.259 e. The van der Waals surface area contributed by atoms with Gasteiger partial charge in [0, 0.05) is 49.7 Å². The van der Waals surface area contributed by atoms with Gasteiger partial charge in [-0.25, -0.2) is 4.98 Å². The number of amides is 1. The van der Waals surface area contributed by atoms with Crippen LogP contribution in [0.15, 0.2) is 61.1 Å². The summed E-state index contributed by atoms with van der Waals surface area (Å²) < 4.78 is 6.44.